The second kappa shape index (κ2) is 2.44. The molecular formula is C4H8ClNO2S. The lowest BCUT2D eigenvalue weighted by molar-refractivity contribution is 0.380. The fraction of sp³-hybridized carbons (Fsp3) is 1.00. The molecule has 0 bridgehead atoms. The molecule has 1 N–H and O–H groups in total. The Balaban J connectivity index is 2.33. The minimum absolute atomic E-state index is 0.113. The van der Waals surface area contributed by atoms with Crippen molar-refractivity contribution in [3.05, 3.63) is 0 Å². The van der Waals surface area contributed by atoms with Gasteiger partial charge in [-0.05, 0) is 5.92 Å². The first-order chi connectivity index (χ1) is 4.08. The molecule has 0 saturated carbocycles. The van der Waals surface area contributed by atoms with Crippen molar-refractivity contribution in [2.45, 2.75) is 0 Å². The molecule has 0 amide bonds. The minimum Gasteiger partial charge on any atom is -0.316 e. The van der Waals surface area contributed by atoms with E-state index in [2.05, 4.69) is 5.32 Å². The summed E-state index contributed by atoms with van der Waals surface area (Å²) in [5, 5.41) is 2.96. The van der Waals surface area contributed by atoms with Crippen LogP contribution in [0, 0.1) is 5.92 Å². The van der Waals surface area contributed by atoms with E-state index in [1.807, 2.05) is 0 Å². The number of nitrogens with one attached hydrogen (secondary N) is 1. The van der Waals surface area contributed by atoms with Crippen molar-refractivity contribution in [3.8, 4) is 0 Å². The van der Waals surface area contributed by atoms with E-state index in [4.69, 9.17) is 10.7 Å². The van der Waals surface area contributed by atoms with Crippen molar-refractivity contribution in [1.29, 1.82) is 0 Å². The topological polar surface area (TPSA) is 46.2 Å². The second-order valence-electron chi connectivity index (χ2n) is 2.23. The van der Waals surface area contributed by atoms with Gasteiger partial charge in [-0.15, -0.1) is 0 Å². The highest BCUT2D eigenvalue weighted by Gasteiger charge is 2.22. The van der Waals surface area contributed by atoms with Gasteiger partial charge in [0.1, 0.15) is 0 Å². The van der Waals surface area contributed by atoms with Gasteiger partial charge in [0.15, 0.2) is 0 Å². The van der Waals surface area contributed by atoms with Crippen LogP contribution in [0.4, 0.5) is 0 Å². The minimum atomic E-state index is -3.25. The van der Waals surface area contributed by atoms with Crippen molar-refractivity contribution in [1.82, 2.24) is 5.32 Å². The van der Waals surface area contributed by atoms with E-state index >= 15 is 0 Å². The molecule has 1 fully saturated rings. The fourth-order valence-corrected chi connectivity index (χ4v) is 2.08. The molecule has 0 spiro atoms. The highest BCUT2D eigenvalue weighted by atomic mass is 35.7. The maximum absolute atomic E-state index is 10.4. The zero-order valence-corrected chi connectivity index (χ0v) is 6.37. The van der Waals surface area contributed by atoms with E-state index in [-0.39, 0.29) is 11.7 Å². The van der Waals surface area contributed by atoms with Gasteiger partial charge < -0.3 is 5.32 Å². The SMILES string of the molecule is O=S(=O)(Cl)CC1CNC1. The second-order valence-corrected chi connectivity index (χ2v) is 5.05. The molecule has 3 nitrogen and oxygen atoms in total. The molecule has 1 aliphatic rings. The molecule has 0 aliphatic carbocycles. The molecule has 0 atom stereocenters. The van der Waals surface area contributed by atoms with Crippen molar-refractivity contribution in [2.75, 3.05) is 18.8 Å². The van der Waals surface area contributed by atoms with E-state index in [1.54, 1.807) is 0 Å². The predicted octanol–water partition coefficient (Wildman–Crippen LogP) is -0.226. The average Bonchev–Trinajstić information content (AvgIpc) is 1.53. The Bertz CT molecular complexity index is 185. The van der Waals surface area contributed by atoms with Gasteiger partial charge in [-0.2, -0.15) is 0 Å². The average molecular weight is 170 g/mol. The van der Waals surface area contributed by atoms with Crippen LogP contribution < -0.4 is 5.32 Å². The first-order valence-corrected chi connectivity index (χ1v) is 5.19. The largest absolute Gasteiger partial charge is 0.316 e. The maximum atomic E-state index is 10.4. The lowest BCUT2D eigenvalue weighted by atomic mass is 10.1. The molecule has 54 valence electrons. The first-order valence-electron chi connectivity index (χ1n) is 2.71. The normalized spacial score (nSPS) is 21.4. The molecule has 5 heteroatoms. The highest BCUT2D eigenvalue weighted by molar-refractivity contribution is 8.13. The van der Waals surface area contributed by atoms with Gasteiger partial charge in [-0.1, -0.05) is 0 Å². The molecule has 1 heterocycles. The van der Waals surface area contributed by atoms with Crippen LogP contribution in [-0.2, 0) is 9.05 Å². The zero-order valence-electron chi connectivity index (χ0n) is 4.80. The number of hydrogen-bond acceptors (Lipinski definition) is 3. The molecular weight excluding hydrogens is 162 g/mol. The van der Waals surface area contributed by atoms with Crippen molar-refractivity contribution in [2.24, 2.45) is 5.92 Å². The van der Waals surface area contributed by atoms with Gasteiger partial charge in [-0.25, -0.2) is 8.42 Å². The number of hydrogen-bond donors (Lipinski definition) is 1. The molecule has 0 aromatic rings. The van der Waals surface area contributed by atoms with Crippen LogP contribution >= 0.6 is 10.7 Å². The van der Waals surface area contributed by atoms with E-state index < -0.39 is 9.05 Å². The Kier molecular flexibility index (Phi) is 1.98. The van der Waals surface area contributed by atoms with Crippen LogP contribution in [0.5, 0.6) is 0 Å². The maximum Gasteiger partial charge on any atom is 0.232 e. The van der Waals surface area contributed by atoms with Crippen molar-refractivity contribution >= 4 is 19.7 Å². The monoisotopic (exact) mass is 169 g/mol. The van der Waals surface area contributed by atoms with Gasteiger partial charge in [0, 0.05) is 23.8 Å². The van der Waals surface area contributed by atoms with E-state index in [0.29, 0.717) is 0 Å². The molecule has 9 heavy (non-hydrogen) atoms. The Morgan fingerprint density at radius 2 is 2.11 bits per heavy atom. The summed E-state index contributed by atoms with van der Waals surface area (Å²) < 4.78 is 20.7. The third kappa shape index (κ3) is 2.51. The molecule has 0 aromatic carbocycles. The van der Waals surface area contributed by atoms with Crippen LogP contribution in [0.1, 0.15) is 0 Å². The fourth-order valence-electron chi connectivity index (χ4n) is 0.748. The summed E-state index contributed by atoms with van der Waals surface area (Å²) in [6, 6.07) is 0. The molecule has 1 saturated heterocycles. The lowest BCUT2D eigenvalue weighted by Gasteiger charge is -2.25. The smallest absolute Gasteiger partial charge is 0.232 e. The summed E-state index contributed by atoms with van der Waals surface area (Å²) in [5.74, 6) is 0.356. The van der Waals surface area contributed by atoms with Gasteiger partial charge in [0.2, 0.25) is 9.05 Å². The number of halogens is 1. The Hall–Kier alpha value is 0.200. The van der Waals surface area contributed by atoms with Crippen LogP contribution in [0.2, 0.25) is 0 Å². The third-order valence-corrected chi connectivity index (χ3v) is 2.55. The Morgan fingerprint density at radius 3 is 2.22 bits per heavy atom. The van der Waals surface area contributed by atoms with E-state index in [9.17, 15) is 8.42 Å². The third-order valence-electron chi connectivity index (χ3n) is 1.30. The van der Waals surface area contributed by atoms with Crippen molar-refractivity contribution in [3.63, 3.8) is 0 Å². The number of rotatable bonds is 2. The van der Waals surface area contributed by atoms with E-state index in [0.717, 1.165) is 13.1 Å². The summed E-state index contributed by atoms with van der Waals surface area (Å²) in [6.45, 7) is 1.57. The summed E-state index contributed by atoms with van der Waals surface area (Å²) in [4.78, 5) is 0. The first kappa shape index (κ1) is 7.31. The highest BCUT2D eigenvalue weighted by Crippen LogP contribution is 2.09. The van der Waals surface area contributed by atoms with Gasteiger partial charge >= 0.3 is 0 Å². The van der Waals surface area contributed by atoms with Gasteiger partial charge in [0.05, 0.1) is 5.75 Å². The van der Waals surface area contributed by atoms with Crippen LogP contribution in [0.3, 0.4) is 0 Å². The van der Waals surface area contributed by atoms with Crippen molar-refractivity contribution < 1.29 is 8.42 Å². The molecule has 0 unspecified atom stereocenters. The van der Waals surface area contributed by atoms with E-state index in [1.165, 1.54) is 0 Å². The standard InChI is InChI=1S/C4H8ClNO2S/c5-9(7,8)3-4-1-6-2-4/h4,6H,1-3H2. The Labute approximate surface area is 58.8 Å². The van der Waals surface area contributed by atoms with Crippen LogP contribution in [-0.4, -0.2) is 27.3 Å². The molecule has 0 radical (unpaired) electrons. The quantitative estimate of drug-likeness (QED) is 0.582. The van der Waals surface area contributed by atoms with Crippen LogP contribution in [0.25, 0.3) is 0 Å². The zero-order chi connectivity index (χ0) is 6.91. The summed E-state index contributed by atoms with van der Waals surface area (Å²) in [7, 11) is 1.73. The summed E-state index contributed by atoms with van der Waals surface area (Å²) in [5.41, 5.74) is 0. The Morgan fingerprint density at radius 1 is 1.56 bits per heavy atom. The molecule has 1 rings (SSSR count). The molecule has 1 aliphatic heterocycles. The lowest BCUT2D eigenvalue weighted by Crippen LogP contribution is -2.44. The summed E-state index contributed by atoms with van der Waals surface area (Å²) >= 11 is 0. The van der Waals surface area contributed by atoms with Gasteiger partial charge in [0.25, 0.3) is 0 Å². The van der Waals surface area contributed by atoms with Crippen LogP contribution in [0.15, 0.2) is 0 Å². The summed E-state index contributed by atoms with van der Waals surface area (Å²) in [6.07, 6.45) is 0. The predicted molar refractivity (Wildman–Crippen MR) is 36.0 cm³/mol. The molecule has 0 aromatic heterocycles. The van der Waals surface area contributed by atoms with Gasteiger partial charge in [-0.3, -0.25) is 0 Å².